The lowest BCUT2D eigenvalue weighted by atomic mass is 9.77. The van der Waals surface area contributed by atoms with Crippen molar-refractivity contribution < 1.29 is 14.0 Å². The molecule has 0 bridgehead atoms. The first-order valence-corrected chi connectivity index (χ1v) is 7.26. The first kappa shape index (κ1) is 16.8. The van der Waals surface area contributed by atoms with Crippen LogP contribution in [0.25, 0.3) is 6.08 Å². The van der Waals surface area contributed by atoms with E-state index in [0.29, 0.717) is 18.1 Å². The highest BCUT2D eigenvalue weighted by Gasteiger charge is 2.52. The molecule has 0 amide bonds. The molecule has 22 heavy (non-hydrogen) atoms. The topological polar surface area (TPSA) is 92.6 Å². The van der Waals surface area contributed by atoms with E-state index in [0.717, 1.165) is 11.0 Å². The number of ether oxygens (including phenoxy) is 1. The third kappa shape index (κ3) is 3.11. The highest BCUT2D eigenvalue weighted by Crippen LogP contribution is 2.38. The lowest BCUT2D eigenvalue weighted by molar-refractivity contribution is 0.00578. The zero-order chi connectivity index (χ0) is 16.5. The molecular formula is C15H24BN3O3. The molecule has 0 spiro atoms. The number of methoxy groups -OCH3 is 1. The monoisotopic (exact) mass is 305 g/mol. The Labute approximate surface area is 132 Å². The second-order valence-electron chi connectivity index (χ2n) is 6.38. The predicted molar refractivity (Wildman–Crippen MR) is 88.3 cm³/mol. The van der Waals surface area contributed by atoms with Crippen LogP contribution < -0.4 is 16.2 Å². The van der Waals surface area contributed by atoms with Gasteiger partial charge in [-0.15, -0.1) is 0 Å². The van der Waals surface area contributed by atoms with Gasteiger partial charge in [-0.05, 0) is 44.8 Å². The van der Waals surface area contributed by atoms with Gasteiger partial charge in [0.2, 0.25) is 5.88 Å². The first-order valence-electron chi connectivity index (χ1n) is 7.26. The third-order valence-electron chi connectivity index (χ3n) is 4.24. The summed E-state index contributed by atoms with van der Waals surface area (Å²) in [6.45, 7) is 8.35. The maximum absolute atomic E-state index is 6.02. The number of anilines is 1. The minimum absolute atomic E-state index is 0.322. The lowest BCUT2D eigenvalue weighted by Gasteiger charge is -2.32. The molecule has 1 aromatic heterocycles. The fourth-order valence-corrected chi connectivity index (χ4v) is 2.17. The van der Waals surface area contributed by atoms with Gasteiger partial charge in [0, 0.05) is 12.7 Å². The van der Waals surface area contributed by atoms with Crippen LogP contribution in [0, 0.1) is 0 Å². The largest absolute Gasteiger partial charge is 0.491 e. The van der Waals surface area contributed by atoms with Gasteiger partial charge in [-0.1, -0.05) is 6.08 Å². The molecule has 1 aliphatic heterocycles. The Morgan fingerprint density at radius 3 is 2.36 bits per heavy atom. The van der Waals surface area contributed by atoms with Crippen LogP contribution in [0.1, 0.15) is 33.3 Å². The van der Waals surface area contributed by atoms with E-state index >= 15 is 0 Å². The van der Waals surface area contributed by atoms with Crippen molar-refractivity contribution in [2.75, 3.05) is 19.4 Å². The molecule has 1 aliphatic rings. The predicted octanol–water partition coefficient (Wildman–Crippen LogP) is 1.65. The fraction of sp³-hybridized carbons (Fsp3) is 0.533. The Hall–Kier alpha value is -1.57. The summed E-state index contributed by atoms with van der Waals surface area (Å²) < 4.78 is 17.1. The van der Waals surface area contributed by atoms with Crippen LogP contribution in [0.4, 0.5) is 5.69 Å². The summed E-state index contributed by atoms with van der Waals surface area (Å²) in [4.78, 5) is 4.15. The third-order valence-corrected chi connectivity index (χ3v) is 4.24. The molecule has 0 atom stereocenters. The van der Waals surface area contributed by atoms with Crippen molar-refractivity contribution in [1.29, 1.82) is 0 Å². The van der Waals surface area contributed by atoms with Crippen LogP contribution in [-0.2, 0) is 9.31 Å². The van der Waals surface area contributed by atoms with E-state index in [2.05, 4.69) is 4.98 Å². The summed E-state index contributed by atoms with van der Waals surface area (Å²) in [5.74, 6) is 0.405. The van der Waals surface area contributed by atoms with E-state index in [1.807, 2.05) is 33.8 Å². The molecule has 6 nitrogen and oxygen atoms in total. The van der Waals surface area contributed by atoms with Gasteiger partial charge in [0.05, 0.1) is 24.0 Å². The smallest absolute Gasteiger partial charge is 0.480 e. The standard InChI is InChI=1S/C15H24BN3O3/c1-14(2)15(3,4)22-16(21-14)11(8-17)6-10-7-12(18)13(20-5)19-9-10/h6-7,9H,8,17-18H2,1-5H3. The molecule has 0 saturated carbocycles. The highest BCUT2D eigenvalue weighted by atomic mass is 16.7. The molecule has 0 radical (unpaired) electrons. The molecule has 0 aliphatic carbocycles. The normalized spacial score (nSPS) is 20.3. The van der Waals surface area contributed by atoms with Crippen molar-refractivity contribution in [3.8, 4) is 5.88 Å². The summed E-state index contributed by atoms with van der Waals surface area (Å²) in [5, 5.41) is 0. The first-order chi connectivity index (χ1) is 10.2. The van der Waals surface area contributed by atoms with Gasteiger partial charge in [-0.25, -0.2) is 4.98 Å². The van der Waals surface area contributed by atoms with E-state index in [1.54, 1.807) is 12.3 Å². The van der Waals surface area contributed by atoms with Crippen LogP contribution in [-0.4, -0.2) is 37.0 Å². The van der Waals surface area contributed by atoms with Crippen LogP contribution in [0.15, 0.2) is 17.7 Å². The zero-order valence-electron chi connectivity index (χ0n) is 13.8. The summed E-state index contributed by atoms with van der Waals surface area (Å²) in [5.41, 5.74) is 13.1. The zero-order valence-corrected chi connectivity index (χ0v) is 13.8. The van der Waals surface area contributed by atoms with Crippen molar-refractivity contribution in [3.63, 3.8) is 0 Å². The molecule has 1 aromatic rings. The Morgan fingerprint density at radius 1 is 1.32 bits per heavy atom. The van der Waals surface area contributed by atoms with E-state index in [4.69, 9.17) is 25.5 Å². The molecule has 120 valence electrons. The molecule has 7 heteroatoms. The van der Waals surface area contributed by atoms with Gasteiger partial charge >= 0.3 is 7.12 Å². The average Bonchev–Trinajstić information content (AvgIpc) is 2.65. The minimum Gasteiger partial charge on any atom is -0.480 e. The van der Waals surface area contributed by atoms with Crippen molar-refractivity contribution in [1.82, 2.24) is 4.98 Å². The van der Waals surface area contributed by atoms with Gasteiger partial charge in [0.25, 0.3) is 0 Å². The van der Waals surface area contributed by atoms with Gasteiger partial charge in [-0.3, -0.25) is 0 Å². The molecule has 1 saturated heterocycles. The lowest BCUT2D eigenvalue weighted by Crippen LogP contribution is -2.41. The van der Waals surface area contributed by atoms with Crippen molar-refractivity contribution >= 4 is 18.9 Å². The van der Waals surface area contributed by atoms with E-state index in [1.165, 1.54) is 7.11 Å². The SMILES string of the molecule is COc1ncc(C=C(CN)B2OC(C)(C)C(C)(C)O2)cc1N. The summed E-state index contributed by atoms with van der Waals surface area (Å²) in [6, 6.07) is 1.78. The van der Waals surface area contributed by atoms with Gasteiger partial charge < -0.3 is 25.5 Å². The van der Waals surface area contributed by atoms with E-state index < -0.39 is 18.3 Å². The number of nitrogens with zero attached hydrogens (tertiary/aromatic N) is 1. The quantitative estimate of drug-likeness (QED) is 0.822. The van der Waals surface area contributed by atoms with Crippen LogP contribution in [0.3, 0.4) is 0 Å². The molecular weight excluding hydrogens is 281 g/mol. The number of hydrogen-bond donors (Lipinski definition) is 2. The number of pyridine rings is 1. The maximum atomic E-state index is 6.02. The number of nitrogen functional groups attached to an aromatic ring is 1. The van der Waals surface area contributed by atoms with Gasteiger partial charge in [-0.2, -0.15) is 0 Å². The Morgan fingerprint density at radius 2 is 1.91 bits per heavy atom. The number of nitrogens with two attached hydrogens (primary N) is 2. The molecule has 4 N–H and O–H groups in total. The fourth-order valence-electron chi connectivity index (χ4n) is 2.17. The number of aromatic nitrogens is 1. The Kier molecular flexibility index (Phi) is 4.51. The minimum atomic E-state index is -0.474. The molecule has 0 aromatic carbocycles. The van der Waals surface area contributed by atoms with Crippen molar-refractivity contribution in [3.05, 3.63) is 23.3 Å². The second-order valence-corrected chi connectivity index (χ2v) is 6.38. The molecule has 0 unspecified atom stereocenters. The Bertz CT molecular complexity index is 571. The average molecular weight is 305 g/mol. The van der Waals surface area contributed by atoms with Gasteiger partial charge in [0.1, 0.15) is 0 Å². The van der Waals surface area contributed by atoms with Crippen LogP contribution in [0.2, 0.25) is 0 Å². The second kappa shape index (κ2) is 5.91. The summed E-state index contributed by atoms with van der Waals surface area (Å²) in [7, 11) is 1.06. The number of rotatable bonds is 4. The van der Waals surface area contributed by atoms with E-state index in [9.17, 15) is 0 Å². The van der Waals surface area contributed by atoms with E-state index in [-0.39, 0.29) is 0 Å². The summed E-state index contributed by atoms with van der Waals surface area (Å²) in [6.07, 6.45) is 3.57. The Balaban J connectivity index is 2.27. The van der Waals surface area contributed by atoms with Crippen molar-refractivity contribution in [2.24, 2.45) is 5.73 Å². The van der Waals surface area contributed by atoms with Crippen molar-refractivity contribution in [2.45, 2.75) is 38.9 Å². The maximum Gasteiger partial charge on any atom is 0.491 e. The highest BCUT2D eigenvalue weighted by molar-refractivity contribution is 6.55. The number of hydrogen-bond acceptors (Lipinski definition) is 6. The molecule has 1 fully saturated rings. The molecule has 2 heterocycles. The van der Waals surface area contributed by atoms with Gasteiger partial charge in [0.15, 0.2) is 0 Å². The van der Waals surface area contributed by atoms with Crippen LogP contribution >= 0.6 is 0 Å². The summed E-state index contributed by atoms with van der Waals surface area (Å²) >= 11 is 0. The van der Waals surface area contributed by atoms with Crippen LogP contribution in [0.5, 0.6) is 5.88 Å². The molecule has 2 rings (SSSR count).